The van der Waals surface area contributed by atoms with Gasteiger partial charge < -0.3 is 15.5 Å². The Balaban J connectivity index is 1.36. The van der Waals surface area contributed by atoms with Gasteiger partial charge in [-0.15, -0.1) is 0 Å². The van der Waals surface area contributed by atoms with Crippen LogP contribution in [0.25, 0.3) is 0 Å². The predicted molar refractivity (Wildman–Crippen MR) is 133 cm³/mol. The van der Waals surface area contributed by atoms with E-state index in [4.69, 9.17) is 5.73 Å². The van der Waals surface area contributed by atoms with Gasteiger partial charge >= 0.3 is 0 Å². The Morgan fingerprint density at radius 2 is 1.71 bits per heavy atom. The number of carbonyl (C=O) groups excluding carboxylic acids is 2. The lowest BCUT2D eigenvalue weighted by molar-refractivity contribution is -0.149. The molecule has 2 aliphatic rings. The molecule has 1 aromatic heterocycles. The van der Waals surface area contributed by atoms with E-state index >= 15 is 0 Å². The molecular formula is C27H37N5O2. The second-order valence-electron chi connectivity index (χ2n) is 10.5. The maximum atomic E-state index is 13.7. The van der Waals surface area contributed by atoms with E-state index in [-0.39, 0.29) is 17.2 Å². The number of anilines is 1. The van der Waals surface area contributed by atoms with Crippen molar-refractivity contribution in [2.45, 2.75) is 64.7 Å². The van der Waals surface area contributed by atoms with Crippen LogP contribution in [0.4, 0.5) is 5.82 Å². The molecule has 2 N–H and O–H groups in total. The SMILES string of the molecule is Cc1nc(N)cc([C@@]2(C)CCCN(C(=O)C3(C)CCN(C(=O)CCc4ccccc4)CC3)C2)n1. The molecule has 1 aromatic carbocycles. The molecule has 4 rings (SSSR count). The van der Waals surface area contributed by atoms with Crippen LogP contribution in [0.15, 0.2) is 36.4 Å². The summed E-state index contributed by atoms with van der Waals surface area (Å²) in [6, 6.07) is 12.0. The number of aromatic nitrogens is 2. The average molecular weight is 464 g/mol. The van der Waals surface area contributed by atoms with Crippen LogP contribution in [0.3, 0.4) is 0 Å². The lowest BCUT2D eigenvalue weighted by Gasteiger charge is -2.46. The van der Waals surface area contributed by atoms with Crippen LogP contribution in [-0.4, -0.2) is 57.8 Å². The summed E-state index contributed by atoms with van der Waals surface area (Å²) in [5.74, 6) is 1.52. The van der Waals surface area contributed by atoms with Gasteiger partial charge in [-0.1, -0.05) is 44.2 Å². The van der Waals surface area contributed by atoms with Crippen molar-refractivity contribution in [1.82, 2.24) is 19.8 Å². The molecular weight excluding hydrogens is 426 g/mol. The molecule has 2 aromatic rings. The fraction of sp³-hybridized carbons (Fsp3) is 0.556. The lowest BCUT2D eigenvalue weighted by atomic mass is 9.75. The first kappa shape index (κ1) is 24.2. The first-order valence-electron chi connectivity index (χ1n) is 12.4. The van der Waals surface area contributed by atoms with E-state index in [0.717, 1.165) is 31.5 Å². The molecule has 2 aliphatic heterocycles. The van der Waals surface area contributed by atoms with Crippen molar-refractivity contribution < 1.29 is 9.59 Å². The van der Waals surface area contributed by atoms with Gasteiger partial charge in [-0.25, -0.2) is 9.97 Å². The smallest absolute Gasteiger partial charge is 0.228 e. The molecule has 7 heteroatoms. The standard InChI is InChI=1S/C27H37N5O2/c1-20-29-22(18-23(28)30-20)27(3)12-7-15-32(19-27)25(34)26(2)13-16-31(17-14-26)24(33)11-10-21-8-5-4-6-9-21/h4-6,8-9,18H,7,10-17,19H2,1-3H3,(H2,28,29,30)/t27-/m0/s1. The molecule has 0 radical (unpaired) electrons. The Morgan fingerprint density at radius 3 is 2.38 bits per heavy atom. The molecule has 7 nitrogen and oxygen atoms in total. The van der Waals surface area contributed by atoms with Gasteiger partial charge in [-0.3, -0.25) is 9.59 Å². The number of aryl methyl sites for hydroxylation is 2. The Hall–Kier alpha value is -2.96. The monoisotopic (exact) mass is 463 g/mol. The quantitative estimate of drug-likeness (QED) is 0.733. The Labute approximate surface area is 202 Å². The number of benzene rings is 1. The molecule has 2 amide bonds. The molecule has 182 valence electrons. The average Bonchev–Trinajstić information content (AvgIpc) is 2.82. The van der Waals surface area contributed by atoms with Crippen molar-refractivity contribution in [2.75, 3.05) is 31.9 Å². The van der Waals surface area contributed by atoms with Crippen LogP contribution in [0.1, 0.15) is 63.0 Å². The number of nitrogen functional groups attached to an aromatic ring is 1. The number of likely N-dealkylation sites (tertiary alicyclic amines) is 2. The Kier molecular flexibility index (Phi) is 6.91. The number of hydrogen-bond donors (Lipinski definition) is 1. The minimum absolute atomic E-state index is 0.181. The molecule has 1 atom stereocenters. The first-order valence-corrected chi connectivity index (χ1v) is 12.4. The summed E-state index contributed by atoms with van der Waals surface area (Å²) in [7, 11) is 0. The summed E-state index contributed by atoms with van der Waals surface area (Å²) >= 11 is 0. The predicted octanol–water partition coefficient (Wildman–Crippen LogP) is 3.51. The molecule has 0 aliphatic carbocycles. The number of nitrogens with zero attached hydrogens (tertiary/aromatic N) is 4. The molecule has 2 saturated heterocycles. The van der Waals surface area contributed by atoms with E-state index in [1.807, 2.05) is 41.0 Å². The van der Waals surface area contributed by atoms with Gasteiger partial charge in [0.2, 0.25) is 11.8 Å². The molecule has 0 spiro atoms. The zero-order chi connectivity index (χ0) is 24.3. The topological polar surface area (TPSA) is 92.4 Å². The summed E-state index contributed by atoms with van der Waals surface area (Å²) in [6.07, 6.45) is 4.58. The highest BCUT2D eigenvalue weighted by atomic mass is 16.2. The van der Waals surface area contributed by atoms with E-state index in [9.17, 15) is 9.59 Å². The molecule has 34 heavy (non-hydrogen) atoms. The van der Waals surface area contributed by atoms with Gasteiger partial charge in [0, 0.05) is 49.5 Å². The third-order valence-corrected chi connectivity index (χ3v) is 7.67. The zero-order valence-electron chi connectivity index (χ0n) is 20.7. The number of nitrogens with two attached hydrogens (primary N) is 1. The second-order valence-corrected chi connectivity index (χ2v) is 10.5. The maximum absolute atomic E-state index is 13.7. The van der Waals surface area contributed by atoms with Gasteiger partial charge in [0.1, 0.15) is 11.6 Å². The Morgan fingerprint density at radius 1 is 1.00 bits per heavy atom. The van der Waals surface area contributed by atoms with E-state index in [1.165, 1.54) is 5.56 Å². The minimum Gasteiger partial charge on any atom is -0.384 e. The molecule has 3 heterocycles. The molecule has 0 unspecified atom stereocenters. The summed E-state index contributed by atoms with van der Waals surface area (Å²) < 4.78 is 0. The van der Waals surface area contributed by atoms with Crippen LogP contribution in [0.2, 0.25) is 0 Å². The molecule has 2 fully saturated rings. The van der Waals surface area contributed by atoms with Crippen LogP contribution in [0, 0.1) is 12.3 Å². The largest absolute Gasteiger partial charge is 0.384 e. The summed E-state index contributed by atoms with van der Waals surface area (Å²) in [5, 5.41) is 0. The van der Waals surface area contributed by atoms with Gasteiger partial charge in [-0.05, 0) is 44.6 Å². The van der Waals surface area contributed by atoms with Crippen LogP contribution >= 0.6 is 0 Å². The summed E-state index contributed by atoms with van der Waals surface area (Å²) in [4.78, 5) is 39.2. The summed E-state index contributed by atoms with van der Waals surface area (Å²) in [6.45, 7) is 8.78. The zero-order valence-corrected chi connectivity index (χ0v) is 20.7. The Bertz CT molecular complexity index is 1010. The highest BCUT2D eigenvalue weighted by Crippen LogP contribution is 2.38. The number of piperidine rings is 2. The second kappa shape index (κ2) is 9.72. The van der Waals surface area contributed by atoms with Gasteiger partial charge in [0.25, 0.3) is 0 Å². The minimum atomic E-state index is -0.435. The van der Waals surface area contributed by atoms with Crippen LogP contribution in [-0.2, 0) is 21.4 Å². The normalized spacial score (nSPS) is 22.4. The van der Waals surface area contributed by atoms with Gasteiger partial charge in [0.15, 0.2) is 0 Å². The van der Waals surface area contributed by atoms with E-state index < -0.39 is 5.41 Å². The van der Waals surface area contributed by atoms with Crippen LogP contribution in [0.5, 0.6) is 0 Å². The number of rotatable bonds is 5. The van der Waals surface area contributed by atoms with Crippen molar-refractivity contribution in [3.63, 3.8) is 0 Å². The molecule has 0 saturated carbocycles. The van der Waals surface area contributed by atoms with E-state index in [0.29, 0.717) is 50.5 Å². The third-order valence-electron chi connectivity index (χ3n) is 7.67. The lowest BCUT2D eigenvalue weighted by Crippen LogP contribution is -2.54. The highest BCUT2D eigenvalue weighted by molar-refractivity contribution is 5.83. The highest BCUT2D eigenvalue weighted by Gasteiger charge is 2.44. The number of hydrogen-bond acceptors (Lipinski definition) is 5. The summed E-state index contributed by atoms with van der Waals surface area (Å²) in [5.41, 5.74) is 7.41. The number of amides is 2. The number of carbonyl (C=O) groups is 2. The molecule has 0 bridgehead atoms. The van der Waals surface area contributed by atoms with Crippen molar-refractivity contribution in [1.29, 1.82) is 0 Å². The maximum Gasteiger partial charge on any atom is 0.228 e. The third kappa shape index (κ3) is 5.24. The van der Waals surface area contributed by atoms with Crippen molar-refractivity contribution in [3.05, 3.63) is 53.5 Å². The van der Waals surface area contributed by atoms with E-state index in [1.54, 1.807) is 0 Å². The van der Waals surface area contributed by atoms with Gasteiger partial charge in [-0.2, -0.15) is 0 Å². The van der Waals surface area contributed by atoms with Crippen molar-refractivity contribution >= 4 is 17.6 Å². The van der Waals surface area contributed by atoms with E-state index in [2.05, 4.69) is 35.9 Å². The van der Waals surface area contributed by atoms with Crippen molar-refractivity contribution in [3.8, 4) is 0 Å². The fourth-order valence-corrected chi connectivity index (χ4v) is 5.42. The fourth-order valence-electron chi connectivity index (χ4n) is 5.42. The van der Waals surface area contributed by atoms with Gasteiger partial charge in [0.05, 0.1) is 5.69 Å². The van der Waals surface area contributed by atoms with Crippen molar-refractivity contribution in [2.24, 2.45) is 5.41 Å². The first-order chi connectivity index (χ1) is 16.2. The van der Waals surface area contributed by atoms with Crippen LogP contribution < -0.4 is 5.73 Å².